The molecule has 2 N–H and O–H groups in total. The fourth-order valence-corrected chi connectivity index (χ4v) is 9.05. The molecule has 3 amide bonds. The Balaban J connectivity index is 0.773. The molecule has 1 unspecified atom stereocenters. The molecule has 3 fully saturated rings. The van der Waals surface area contributed by atoms with Gasteiger partial charge in [0.1, 0.15) is 23.9 Å². The molecule has 1 saturated carbocycles. The van der Waals surface area contributed by atoms with E-state index in [2.05, 4.69) is 61.2 Å². The highest BCUT2D eigenvalue weighted by atomic mass is 16.5. The van der Waals surface area contributed by atoms with Gasteiger partial charge in [0, 0.05) is 57.3 Å². The van der Waals surface area contributed by atoms with E-state index in [9.17, 15) is 19.2 Å². The minimum atomic E-state index is -0.739. The van der Waals surface area contributed by atoms with E-state index < -0.39 is 11.9 Å². The van der Waals surface area contributed by atoms with Crippen LogP contribution in [0.25, 0.3) is 27.9 Å². The lowest BCUT2D eigenvalue weighted by Crippen LogP contribution is -2.44. The van der Waals surface area contributed by atoms with Gasteiger partial charge < -0.3 is 15.0 Å². The highest BCUT2D eigenvalue weighted by molar-refractivity contribution is 6.09. The lowest BCUT2D eigenvalue weighted by atomic mass is 9.85. The SMILES string of the molecule is Cc1ccc(-c2nn(C3CCC(CN4CCC(OCC#Cc5cccc6c5n(C)c(=O)n6C5CCC(=O)NC5=O)CC4)CC3)cc2NC(=O)c2cnn3cccnc23)cc1. The van der Waals surface area contributed by atoms with Crippen molar-refractivity contribution in [2.24, 2.45) is 13.0 Å². The number of likely N-dealkylation sites (tertiary alicyclic amines) is 1. The van der Waals surface area contributed by atoms with E-state index in [1.165, 1.54) is 9.13 Å². The number of hydrogen-bond acceptors (Lipinski definition) is 9. The summed E-state index contributed by atoms with van der Waals surface area (Å²) in [5.74, 6) is 5.92. The third kappa shape index (κ3) is 7.88. The molecule has 1 aliphatic carbocycles. The Bertz CT molecular complexity index is 2700. The number of ether oxygens (including phenoxy) is 1. The molecule has 2 aromatic carbocycles. The Morgan fingerprint density at radius 1 is 0.983 bits per heavy atom. The molecule has 4 aromatic heterocycles. The molecule has 6 aromatic rings. The highest BCUT2D eigenvalue weighted by Gasteiger charge is 2.32. The number of para-hydroxylation sites is 1. The first-order valence-corrected chi connectivity index (χ1v) is 20.8. The summed E-state index contributed by atoms with van der Waals surface area (Å²) in [5, 5.41) is 14.8. The van der Waals surface area contributed by atoms with Crippen molar-refractivity contribution < 1.29 is 19.1 Å². The molecule has 2 aliphatic heterocycles. The van der Waals surface area contributed by atoms with Crippen LogP contribution in [0.3, 0.4) is 0 Å². The topological polar surface area (TPSA) is 163 Å². The average molecular weight is 809 g/mol. The van der Waals surface area contributed by atoms with Crippen LogP contribution in [0, 0.1) is 24.7 Å². The molecule has 3 aliphatic rings. The Morgan fingerprint density at radius 3 is 2.57 bits per heavy atom. The maximum atomic E-state index is 13.5. The summed E-state index contributed by atoms with van der Waals surface area (Å²) in [6.07, 6.45) is 13.7. The number of nitrogens with one attached hydrogen (secondary N) is 2. The van der Waals surface area contributed by atoms with Crippen LogP contribution in [-0.2, 0) is 21.4 Å². The van der Waals surface area contributed by atoms with Crippen molar-refractivity contribution in [3.63, 3.8) is 0 Å². The van der Waals surface area contributed by atoms with Gasteiger partial charge in [0.25, 0.3) is 5.91 Å². The van der Waals surface area contributed by atoms with Crippen molar-refractivity contribution in [2.45, 2.75) is 76.5 Å². The fourth-order valence-electron chi connectivity index (χ4n) is 9.05. The van der Waals surface area contributed by atoms with Gasteiger partial charge in [0.2, 0.25) is 11.8 Å². The van der Waals surface area contributed by atoms with Crippen LogP contribution in [0.5, 0.6) is 0 Å². The quantitative estimate of drug-likeness (QED) is 0.151. The summed E-state index contributed by atoms with van der Waals surface area (Å²) in [6, 6.07) is 15.0. The Morgan fingerprint density at radius 2 is 1.78 bits per heavy atom. The summed E-state index contributed by atoms with van der Waals surface area (Å²) < 4.78 is 12.9. The zero-order chi connectivity index (χ0) is 41.3. The van der Waals surface area contributed by atoms with Crippen LogP contribution in [0.1, 0.15) is 84.9 Å². The molecule has 60 heavy (non-hydrogen) atoms. The van der Waals surface area contributed by atoms with E-state index in [0.717, 1.165) is 75.0 Å². The van der Waals surface area contributed by atoms with Crippen LogP contribution in [0.4, 0.5) is 5.69 Å². The van der Waals surface area contributed by atoms with Crippen LogP contribution in [0.2, 0.25) is 0 Å². The summed E-state index contributed by atoms with van der Waals surface area (Å²) in [4.78, 5) is 58.0. The molecular formula is C45H48N10O5. The normalized spacial score (nSPS) is 20.3. The Labute approximate surface area is 346 Å². The number of hydrogen-bond donors (Lipinski definition) is 2. The number of carbonyl (C=O) groups is 3. The van der Waals surface area contributed by atoms with E-state index in [0.29, 0.717) is 39.4 Å². The second-order valence-corrected chi connectivity index (χ2v) is 16.3. The van der Waals surface area contributed by atoms with E-state index >= 15 is 0 Å². The highest BCUT2D eigenvalue weighted by Crippen LogP contribution is 2.36. The monoisotopic (exact) mass is 808 g/mol. The number of amides is 3. The van der Waals surface area contributed by atoms with E-state index in [1.54, 1.807) is 36.2 Å². The Hall–Kier alpha value is -6.37. The molecule has 1 atom stereocenters. The summed E-state index contributed by atoms with van der Waals surface area (Å²) in [6.45, 7) is 5.38. The zero-order valence-corrected chi connectivity index (χ0v) is 33.8. The van der Waals surface area contributed by atoms with Crippen LogP contribution in [-0.4, -0.2) is 88.5 Å². The molecule has 0 spiro atoms. The van der Waals surface area contributed by atoms with E-state index in [1.807, 2.05) is 36.5 Å². The minimum Gasteiger partial charge on any atom is -0.365 e. The molecule has 6 heterocycles. The molecule has 15 nitrogen and oxygen atoms in total. The maximum Gasteiger partial charge on any atom is 0.329 e. The van der Waals surface area contributed by atoms with E-state index in [-0.39, 0.29) is 49.1 Å². The third-order valence-electron chi connectivity index (χ3n) is 12.3. The number of nitrogens with zero attached hydrogens (tertiary/aromatic N) is 8. The van der Waals surface area contributed by atoms with Gasteiger partial charge in [0.15, 0.2) is 5.65 Å². The van der Waals surface area contributed by atoms with Crippen molar-refractivity contribution in [1.29, 1.82) is 0 Å². The number of aromatic nitrogens is 7. The second kappa shape index (κ2) is 16.7. The van der Waals surface area contributed by atoms with Crippen molar-refractivity contribution >= 4 is 40.1 Å². The maximum absolute atomic E-state index is 13.5. The second-order valence-electron chi connectivity index (χ2n) is 16.3. The standard InChI is InChI=1S/C45H48N10O5/c1-29-9-13-31(14-10-29)40-36(48-43(57)35-26-47-53-22-5-21-46-42(35)53)28-54(50-40)33-15-11-30(12-16-33)27-52-23-19-34(20-24-52)60-25-4-7-32-6-3-8-37-41(32)51(2)45(59)55(37)38-17-18-39(56)49-44(38)58/h3,5-6,8-10,13-14,21-22,26,28,30,33-34,38H,11-12,15-20,23-25,27H2,1-2H3,(H,48,57)(H,49,56,58). The number of carbonyl (C=O) groups excluding carboxylic acids is 3. The minimum absolute atomic E-state index is 0.140. The predicted octanol–water partition coefficient (Wildman–Crippen LogP) is 5.05. The number of aryl methyl sites for hydroxylation is 2. The number of anilines is 1. The van der Waals surface area contributed by atoms with Gasteiger partial charge in [0.05, 0.1) is 40.6 Å². The summed E-state index contributed by atoms with van der Waals surface area (Å²) in [5.41, 5.74) is 6.09. The average Bonchev–Trinajstić information content (AvgIpc) is 3.95. The van der Waals surface area contributed by atoms with Crippen molar-refractivity contribution in [1.82, 2.24) is 43.7 Å². The first-order chi connectivity index (χ1) is 29.2. The molecule has 0 bridgehead atoms. The van der Waals surface area contributed by atoms with Gasteiger partial charge >= 0.3 is 5.69 Å². The molecular weight excluding hydrogens is 761 g/mol. The number of imide groups is 1. The van der Waals surface area contributed by atoms with Crippen molar-refractivity contribution in [3.05, 3.63) is 100 Å². The van der Waals surface area contributed by atoms with Gasteiger partial charge in [-0.2, -0.15) is 10.2 Å². The molecule has 308 valence electrons. The van der Waals surface area contributed by atoms with Gasteiger partial charge in [-0.15, -0.1) is 0 Å². The van der Waals surface area contributed by atoms with Gasteiger partial charge in [-0.1, -0.05) is 47.7 Å². The van der Waals surface area contributed by atoms with E-state index in [4.69, 9.17) is 9.84 Å². The first kappa shape index (κ1) is 39.1. The molecule has 2 saturated heterocycles. The number of fused-ring (bicyclic) bond motifs is 2. The largest absolute Gasteiger partial charge is 0.365 e. The number of benzene rings is 2. The Kier molecular flexibility index (Phi) is 10.9. The lowest BCUT2D eigenvalue weighted by molar-refractivity contribution is -0.135. The number of piperidine rings is 2. The number of rotatable bonds is 9. The van der Waals surface area contributed by atoms with Gasteiger partial charge in [-0.05, 0) is 76.0 Å². The molecule has 0 radical (unpaired) electrons. The first-order valence-electron chi connectivity index (χ1n) is 20.8. The third-order valence-corrected chi connectivity index (χ3v) is 12.3. The molecule has 15 heteroatoms. The van der Waals surface area contributed by atoms with Crippen LogP contribution >= 0.6 is 0 Å². The van der Waals surface area contributed by atoms with Gasteiger partial charge in [-0.3, -0.25) is 33.5 Å². The smallest absolute Gasteiger partial charge is 0.329 e. The summed E-state index contributed by atoms with van der Waals surface area (Å²) in [7, 11) is 1.68. The van der Waals surface area contributed by atoms with Crippen LogP contribution < -0.4 is 16.3 Å². The van der Waals surface area contributed by atoms with Crippen molar-refractivity contribution in [3.8, 4) is 23.1 Å². The van der Waals surface area contributed by atoms with Crippen LogP contribution in [0.15, 0.2) is 78.1 Å². The lowest BCUT2D eigenvalue weighted by Gasteiger charge is -2.36. The zero-order valence-electron chi connectivity index (χ0n) is 33.8. The van der Waals surface area contributed by atoms with Crippen molar-refractivity contribution in [2.75, 3.05) is 31.6 Å². The number of imidazole rings is 1. The molecule has 9 rings (SSSR count). The fraction of sp³-hybridized carbons (Fsp3) is 0.400. The predicted molar refractivity (Wildman–Crippen MR) is 225 cm³/mol. The summed E-state index contributed by atoms with van der Waals surface area (Å²) >= 11 is 0. The van der Waals surface area contributed by atoms with Gasteiger partial charge in [-0.25, -0.2) is 14.3 Å².